The van der Waals surface area contributed by atoms with Gasteiger partial charge in [-0.05, 0) is 13.3 Å². The van der Waals surface area contributed by atoms with E-state index < -0.39 is 0 Å². The Kier molecular flexibility index (Phi) is 7.08. The Labute approximate surface area is 132 Å². The molecule has 0 saturated heterocycles. The molecule has 0 radical (unpaired) electrons. The highest BCUT2D eigenvalue weighted by Crippen LogP contribution is 2.30. The van der Waals surface area contributed by atoms with Crippen molar-refractivity contribution in [1.29, 1.82) is 0 Å². The van der Waals surface area contributed by atoms with Gasteiger partial charge >= 0.3 is 0 Å². The smallest absolute Gasteiger partial charge is 0.226 e. The van der Waals surface area contributed by atoms with E-state index in [-0.39, 0.29) is 24.0 Å². The Balaban J connectivity index is 3.14. The standard InChI is InChI=1S/C16H26N2O4/c1-6-8-12(17-22-7-2)15-13(19)9-11(10-14(15)21-5)16(20)18(3)4/h11H,6-10H2,1-5H3. The zero-order valence-corrected chi connectivity index (χ0v) is 14.1. The molecule has 0 fully saturated rings. The van der Waals surface area contributed by atoms with Gasteiger partial charge in [0.25, 0.3) is 0 Å². The first-order chi connectivity index (χ1) is 10.5. The summed E-state index contributed by atoms with van der Waals surface area (Å²) in [5, 5.41) is 4.07. The zero-order chi connectivity index (χ0) is 16.7. The van der Waals surface area contributed by atoms with Crippen molar-refractivity contribution in [2.24, 2.45) is 11.1 Å². The van der Waals surface area contributed by atoms with E-state index in [9.17, 15) is 9.59 Å². The van der Waals surface area contributed by atoms with Crippen molar-refractivity contribution in [3.05, 3.63) is 11.3 Å². The predicted octanol–water partition coefficient (Wildman–Crippen LogP) is 2.15. The van der Waals surface area contributed by atoms with Crippen molar-refractivity contribution in [3.8, 4) is 0 Å². The molecular weight excluding hydrogens is 284 g/mol. The Morgan fingerprint density at radius 2 is 2.00 bits per heavy atom. The van der Waals surface area contributed by atoms with Crippen LogP contribution in [-0.4, -0.2) is 50.1 Å². The number of amides is 1. The maximum absolute atomic E-state index is 12.5. The van der Waals surface area contributed by atoms with Crippen LogP contribution in [0.2, 0.25) is 0 Å². The third-order valence-corrected chi connectivity index (χ3v) is 3.54. The quantitative estimate of drug-likeness (QED) is 0.534. The number of nitrogens with zero attached hydrogens (tertiary/aromatic N) is 2. The number of methoxy groups -OCH3 is 1. The van der Waals surface area contributed by atoms with E-state index in [1.54, 1.807) is 14.1 Å². The Hall–Kier alpha value is -1.85. The van der Waals surface area contributed by atoms with Gasteiger partial charge in [-0.25, -0.2) is 0 Å². The minimum absolute atomic E-state index is 0.0549. The van der Waals surface area contributed by atoms with Crippen LogP contribution in [0.15, 0.2) is 16.5 Å². The molecule has 1 rings (SSSR count). The number of carbonyl (C=O) groups excluding carboxylic acids is 2. The van der Waals surface area contributed by atoms with E-state index in [0.29, 0.717) is 36.5 Å². The van der Waals surface area contributed by atoms with Crippen molar-refractivity contribution in [2.75, 3.05) is 27.8 Å². The van der Waals surface area contributed by atoms with Crippen LogP contribution in [0.25, 0.3) is 0 Å². The lowest BCUT2D eigenvalue weighted by atomic mass is 9.83. The fourth-order valence-corrected chi connectivity index (χ4v) is 2.52. The van der Waals surface area contributed by atoms with Crippen molar-refractivity contribution in [3.63, 3.8) is 0 Å². The summed E-state index contributed by atoms with van der Waals surface area (Å²) in [4.78, 5) is 31.3. The summed E-state index contributed by atoms with van der Waals surface area (Å²) in [5.41, 5.74) is 1.10. The lowest BCUT2D eigenvalue weighted by molar-refractivity contribution is -0.136. The molecule has 22 heavy (non-hydrogen) atoms. The number of hydrogen-bond acceptors (Lipinski definition) is 5. The lowest BCUT2D eigenvalue weighted by Gasteiger charge is -2.27. The molecule has 0 aromatic heterocycles. The second-order valence-corrected chi connectivity index (χ2v) is 5.47. The number of carbonyl (C=O) groups is 2. The number of ether oxygens (including phenoxy) is 1. The molecule has 0 spiro atoms. The van der Waals surface area contributed by atoms with Gasteiger partial charge in [-0.1, -0.05) is 18.5 Å². The molecule has 0 saturated carbocycles. The molecule has 0 aliphatic heterocycles. The van der Waals surface area contributed by atoms with E-state index in [0.717, 1.165) is 6.42 Å². The summed E-state index contributed by atoms with van der Waals surface area (Å²) in [6, 6.07) is 0. The first-order valence-electron chi connectivity index (χ1n) is 7.66. The Morgan fingerprint density at radius 3 is 2.50 bits per heavy atom. The molecule has 0 heterocycles. The average Bonchev–Trinajstić information content (AvgIpc) is 2.50. The van der Waals surface area contributed by atoms with Crippen LogP contribution in [0.5, 0.6) is 0 Å². The van der Waals surface area contributed by atoms with E-state index in [1.807, 2.05) is 13.8 Å². The van der Waals surface area contributed by atoms with Gasteiger partial charge in [0.05, 0.1) is 24.3 Å². The fourth-order valence-electron chi connectivity index (χ4n) is 2.52. The van der Waals surface area contributed by atoms with Crippen molar-refractivity contribution < 1.29 is 19.2 Å². The number of allylic oxidation sites excluding steroid dienone is 2. The van der Waals surface area contributed by atoms with Crippen molar-refractivity contribution in [1.82, 2.24) is 4.90 Å². The second-order valence-electron chi connectivity index (χ2n) is 5.47. The van der Waals surface area contributed by atoms with Crippen molar-refractivity contribution >= 4 is 17.4 Å². The number of Topliss-reactive ketones (excluding diaryl/α,β-unsaturated/α-hetero) is 1. The van der Waals surface area contributed by atoms with Gasteiger partial charge in [0.2, 0.25) is 5.91 Å². The fraction of sp³-hybridized carbons (Fsp3) is 0.688. The van der Waals surface area contributed by atoms with Crippen LogP contribution in [0.1, 0.15) is 39.5 Å². The Morgan fingerprint density at radius 1 is 1.32 bits per heavy atom. The maximum Gasteiger partial charge on any atom is 0.226 e. The maximum atomic E-state index is 12.5. The monoisotopic (exact) mass is 310 g/mol. The zero-order valence-electron chi connectivity index (χ0n) is 14.1. The molecule has 0 aromatic rings. The summed E-state index contributed by atoms with van der Waals surface area (Å²) in [6.45, 7) is 4.30. The van der Waals surface area contributed by atoms with Crippen LogP contribution in [0, 0.1) is 5.92 Å². The largest absolute Gasteiger partial charge is 0.500 e. The molecule has 1 amide bonds. The lowest BCUT2D eigenvalue weighted by Crippen LogP contribution is -2.35. The number of oxime groups is 1. The van der Waals surface area contributed by atoms with E-state index in [1.165, 1.54) is 12.0 Å². The molecule has 1 aliphatic carbocycles. The van der Waals surface area contributed by atoms with E-state index >= 15 is 0 Å². The van der Waals surface area contributed by atoms with Gasteiger partial charge in [0.15, 0.2) is 5.78 Å². The van der Waals surface area contributed by atoms with E-state index in [2.05, 4.69) is 5.16 Å². The van der Waals surface area contributed by atoms with Crippen LogP contribution in [0.4, 0.5) is 0 Å². The second kappa shape index (κ2) is 8.56. The SMILES string of the molecule is CCCC(=NOCC)C1=C(OC)CC(C(=O)N(C)C)CC1=O. The molecule has 1 unspecified atom stereocenters. The topological polar surface area (TPSA) is 68.2 Å². The van der Waals surface area contributed by atoms with E-state index in [4.69, 9.17) is 9.57 Å². The van der Waals surface area contributed by atoms with Crippen LogP contribution in [-0.2, 0) is 19.2 Å². The van der Waals surface area contributed by atoms with Gasteiger partial charge in [0, 0.05) is 26.9 Å². The third-order valence-electron chi connectivity index (χ3n) is 3.54. The summed E-state index contributed by atoms with van der Waals surface area (Å²) < 4.78 is 5.39. The van der Waals surface area contributed by atoms with Gasteiger partial charge in [-0.15, -0.1) is 0 Å². The molecular formula is C16H26N2O4. The van der Waals surface area contributed by atoms with Gasteiger partial charge in [-0.3, -0.25) is 9.59 Å². The minimum atomic E-state index is -0.365. The highest BCUT2D eigenvalue weighted by molar-refractivity contribution is 6.23. The summed E-state index contributed by atoms with van der Waals surface area (Å²) >= 11 is 0. The molecule has 124 valence electrons. The summed E-state index contributed by atoms with van der Waals surface area (Å²) in [5.74, 6) is 0.00969. The summed E-state index contributed by atoms with van der Waals surface area (Å²) in [7, 11) is 4.91. The number of hydrogen-bond donors (Lipinski definition) is 0. The molecule has 1 atom stereocenters. The molecule has 6 heteroatoms. The first-order valence-corrected chi connectivity index (χ1v) is 7.66. The molecule has 1 aliphatic rings. The molecule has 6 nitrogen and oxygen atoms in total. The third kappa shape index (κ3) is 4.32. The van der Waals surface area contributed by atoms with Gasteiger partial charge in [0.1, 0.15) is 12.4 Å². The highest BCUT2D eigenvalue weighted by atomic mass is 16.6. The van der Waals surface area contributed by atoms with Gasteiger partial charge in [-0.2, -0.15) is 0 Å². The summed E-state index contributed by atoms with van der Waals surface area (Å²) in [6.07, 6.45) is 2.09. The number of rotatable bonds is 7. The normalized spacial score (nSPS) is 19.2. The van der Waals surface area contributed by atoms with Gasteiger partial charge < -0.3 is 14.5 Å². The first kappa shape index (κ1) is 18.2. The molecule has 0 N–H and O–H groups in total. The minimum Gasteiger partial charge on any atom is -0.500 e. The van der Waals surface area contributed by atoms with Crippen LogP contribution < -0.4 is 0 Å². The Bertz CT molecular complexity index is 481. The number of ketones is 1. The average molecular weight is 310 g/mol. The molecule has 0 bridgehead atoms. The van der Waals surface area contributed by atoms with Crippen molar-refractivity contribution in [2.45, 2.75) is 39.5 Å². The highest BCUT2D eigenvalue weighted by Gasteiger charge is 2.35. The predicted molar refractivity (Wildman–Crippen MR) is 84.4 cm³/mol. The molecule has 0 aromatic carbocycles. The van der Waals surface area contributed by atoms with Crippen LogP contribution >= 0.6 is 0 Å². The van der Waals surface area contributed by atoms with Crippen LogP contribution in [0.3, 0.4) is 0 Å².